The average molecular weight is 405 g/mol. The summed E-state index contributed by atoms with van der Waals surface area (Å²) in [6, 6.07) is 9.84. The Kier molecular flexibility index (Phi) is 5.32. The number of halogens is 1. The van der Waals surface area contributed by atoms with Gasteiger partial charge in [0.25, 0.3) is 0 Å². The number of hydrogen-bond donors (Lipinski definition) is 0. The number of thiazole rings is 1. The van der Waals surface area contributed by atoms with Crippen LogP contribution in [-0.4, -0.2) is 22.4 Å². The highest BCUT2D eigenvalue weighted by Crippen LogP contribution is 2.31. The van der Waals surface area contributed by atoms with Crippen molar-refractivity contribution in [3.63, 3.8) is 0 Å². The van der Waals surface area contributed by atoms with Gasteiger partial charge in [-0.25, -0.2) is 4.68 Å². The molecular weight excluding hydrogens is 392 g/mol. The molecule has 0 N–H and O–H groups in total. The van der Waals surface area contributed by atoms with E-state index in [-0.39, 0.29) is 0 Å². The fraction of sp³-hybridized carbons (Fsp3) is 0.0625. The molecule has 0 aromatic carbocycles. The third kappa shape index (κ3) is 3.93. The Balaban J connectivity index is 2.06. The Morgan fingerprint density at radius 3 is 2.91 bits per heavy atom. The van der Waals surface area contributed by atoms with Crippen LogP contribution in [0, 0.1) is 0 Å². The highest BCUT2D eigenvalue weighted by atomic mass is 79.9. The first-order valence-electron chi connectivity index (χ1n) is 6.81. The number of nitrogens with zero attached hydrogens (tertiary/aromatic N) is 4. The Bertz CT molecular complexity index is 890. The summed E-state index contributed by atoms with van der Waals surface area (Å²) in [6.07, 6.45) is 5.26. The standard InChI is InChI=1S/C16H13BrN4S2/c1-2-8-19-16-21(20-10-12-5-3-4-9-18-12)13(11-22-16)14-6-7-15(17)23-14/h2-7,9-11H,1,8H2. The summed E-state index contributed by atoms with van der Waals surface area (Å²) in [4.78, 5) is 10.7. The molecule has 3 rings (SSSR count). The first-order chi connectivity index (χ1) is 11.3. The first-order valence-corrected chi connectivity index (χ1v) is 9.30. The Morgan fingerprint density at radius 2 is 2.22 bits per heavy atom. The van der Waals surface area contributed by atoms with Crippen LogP contribution in [0.3, 0.4) is 0 Å². The zero-order chi connectivity index (χ0) is 16.1. The molecule has 0 radical (unpaired) electrons. The van der Waals surface area contributed by atoms with Crippen LogP contribution in [0.25, 0.3) is 10.6 Å². The largest absolute Gasteiger partial charge is 0.255 e. The van der Waals surface area contributed by atoms with Crippen molar-refractivity contribution in [1.29, 1.82) is 0 Å². The van der Waals surface area contributed by atoms with E-state index in [2.05, 4.69) is 49.0 Å². The maximum atomic E-state index is 4.58. The summed E-state index contributed by atoms with van der Waals surface area (Å²) in [6.45, 7) is 4.28. The summed E-state index contributed by atoms with van der Waals surface area (Å²) < 4.78 is 2.93. The molecule has 23 heavy (non-hydrogen) atoms. The van der Waals surface area contributed by atoms with Gasteiger partial charge in [-0.05, 0) is 40.2 Å². The van der Waals surface area contributed by atoms with Crippen molar-refractivity contribution >= 4 is 44.8 Å². The molecule has 0 aliphatic rings. The Morgan fingerprint density at radius 1 is 1.30 bits per heavy atom. The maximum absolute atomic E-state index is 4.58. The van der Waals surface area contributed by atoms with E-state index in [1.165, 1.54) is 0 Å². The lowest BCUT2D eigenvalue weighted by molar-refractivity contribution is 0.841. The van der Waals surface area contributed by atoms with Gasteiger partial charge in [-0.2, -0.15) is 5.10 Å². The number of rotatable bonds is 5. The van der Waals surface area contributed by atoms with E-state index in [9.17, 15) is 0 Å². The minimum atomic E-state index is 0.563. The summed E-state index contributed by atoms with van der Waals surface area (Å²) in [5.41, 5.74) is 1.82. The number of aromatic nitrogens is 2. The van der Waals surface area contributed by atoms with Crippen molar-refractivity contribution in [3.05, 3.63) is 68.8 Å². The molecule has 0 amide bonds. The number of hydrogen-bond acceptors (Lipinski definition) is 5. The zero-order valence-electron chi connectivity index (χ0n) is 12.1. The molecule has 7 heteroatoms. The van der Waals surface area contributed by atoms with Crippen LogP contribution in [0.4, 0.5) is 0 Å². The van der Waals surface area contributed by atoms with Crippen LogP contribution in [-0.2, 0) is 0 Å². The first kappa shape index (κ1) is 16.0. The SMILES string of the molecule is C=CCN=c1scc(-c2ccc(Br)s2)n1N=Cc1ccccn1. The second-order valence-corrected chi connectivity index (χ2v) is 7.75. The smallest absolute Gasteiger partial charge is 0.206 e. The molecule has 3 aromatic heterocycles. The molecule has 4 nitrogen and oxygen atoms in total. The minimum absolute atomic E-state index is 0.563. The van der Waals surface area contributed by atoms with Crippen molar-refractivity contribution in [2.24, 2.45) is 10.1 Å². The Hall–Kier alpha value is -1.83. The van der Waals surface area contributed by atoms with Crippen molar-refractivity contribution in [2.75, 3.05) is 6.54 Å². The molecule has 116 valence electrons. The molecule has 0 atom stereocenters. The topological polar surface area (TPSA) is 42.5 Å². The lowest BCUT2D eigenvalue weighted by atomic mass is 10.4. The molecule has 0 aliphatic carbocycles. The van der Waals surface area contributed by atoms with Crippen LogP contribution >= 0.6 is 38.6 Å². The predicted octanol–water partition coefficient (Wildman–Crippen LogP) is 4.40. The monoisotopic (exact) mass is 404 g/mol. The lowest BCUT2D eigenvalue weighted by Crippen LogP contribution is -2.12. The van der Waals surface area contributed by atoms with Crippen molar-refractivity contribution in [1.82, 2.24) is 9.66 Å². The average Bonchev–Trinajstić information content (AvgIpc) is 3.17. The molecule has 0 fully saturated rings. The van der Waals surface area contributed by atoms with E-state index >= 15 is 0 Å². The van der Waals surface area contributed by atoms with E-state index in [1.54, 1.807) is 41.2 Å². The minimum Gasteiger partial charge on any atom is -0.255 e. The zero-order valence-corrected chi connectivity index (χ0v) is 15.3. The van der Waals surface area contributed by atoms with E-state index in [4.69, 9.17) is 0 Å². The van der Waals surface area contributed by atoms with E-state index < -0.39 is 0 Å². The van der Waals surface area contributed by atoms with Crippen LogP contribution in [0.1, 0.15) is 5.69 Å². The number of pyridine rings is 1. The van der Waals surface area contributed by atoms with Gasteiger partial charge >= 0.3 is 0 Å². The van der Waals surface area contributed by atoms with Crippen LogP contribution in [0.5, 0.6) is 0 Å². The van der Waals surface area contributed by atoms with Gasteiger partial charge in [0.2, 0.25) is 4.80 Å². The van der Waals surface area contributed by atoms with Gasteiger partial charge in [0, 0.05) is 11.6 Å². The fourth-order valence-corrected chi connectivity index (χ4v) is 4.15. The van der Waals surface area contributed by atoms with E-state index in [0.29, 0.717) is 6.54 Å². The van der Waals surface area contributed by atoms with Crippen molar-refractivity contribution in [2.45, 2.75) is 0 Å². The van der Waals surface area contributed by atoms with Crippen LogP contribution in [0.2, 0.25) is 0 Å². The van der Waals surface area contributed by atoms with Gasteiger partial charge in [0.15, 0.2) is 0 Å². The molecule has 3 aromatic rings. The molecule has 0 aliphatic heterocycles. The normalized spacial score (nSPS) is 12.1. The predicted molar refractivity (Wildman–Crippen MR) is 101 cm³/mol. The second-order valence-electron chi connectivity index (χ2n) is 4.45. The van der Waals surface area contributed by atoms with Gasteiger partial charge in [0.05, 0.1) is 32.8 Å². The molecule has 3 heterocycles. The highest BCUT2D eigenvalue weighted by molar-refractivity contribution is 9.11. The lowest BCUT2D eigenvalue weighted by Gasteiger charge is -2.00. The van der Waals surface area contributed by atoms with Gasteiger partial charge in [0.1, 0.15) is 0 Å². The molecule has 0 spiro atoms. The van der Waals surface area contributed by atoms with Crippen LogP contribution in [0.15, 0.2) is 68.4 Å². The van der Waals surface area contributed by atoms with Gasteiger partial charge in [-0.15, -0.1) is 29.3 Å². The second kappa shape index (κ2) is 7.63. The van der Waals surface area contributed by atoms with Gasteiger partial charge in [-0.1, -0.05) is 12.1 Å². The summed E-state index contributed by atoms with van der Waals surface area (Å²) in [7, 11) is 0. The molecule has 0 saturated carbocycles. The fourth-order valence-electron chi connectivity index (χ4n) is 1.85. The quantitative estimate of drug-likeness (QED) is 0.458. The van der Waals surface area contributed by atoms with Gasteiger partial charge in [-0.3, -0.25) is 9.98 Å². The summed E-state index contributed by atoms with van der Waals surface area (Å²) in [5, 5.41) is 6.64. The molecule has 0 bridgehead atoms. The van der Waals surface area contributed by atoms with Gasteiger partial charge < -0.3 is 0 Å². The van der Waals surface area contributed by atoms with E-state index in [0.717, 1.165) is 24.9 Å². The van der Waals surface area contributed by atoms with E-state index in [1.807, 2.05) is 28.9 Å². The third-order valence-electron chi connectivity index (χ3n) is 2.86. The summed E-state index contributed by atoms with van der Waals surface area (Å²) >= 11 is 6.73. The molecule has 0 saturated heterocycles. The molecular formula is C16H13BrN4S2. The van der Waals surface area contributed by atoms with Crippen molar-refractivity contribution < 1.29 is 0 Å². The number of thiophene rings is 1. The molecule has 0 unspecified atom stereocenters. The summed E-state index contributed by atoms with van der Waals surface area (Å²) in [5.74, 6) is 0. The maximum Gasteiger partial charge on any atom is 0.206 e. The highest BCUT2D eigenvalue weighted by Gasteiger charge is 2.09. The third-order valence-corrected chi connectivity index (χ3v) is 5.36. The van der Waals surface area contributed by atoms with Crippen molar-refractivity contribution in [3.8, 4) is 10.6 Å². The van der Waals surface area contributed by atoms with Crippen LogP contribution < -0.4 is 4.80 Å². The Labute approximate surface area is 150 Å².